The summed E-state index contributed by atoms with van der Waals surface area (Å²) in [6.45, 7) is 8.35. The van der Waals surface area contributed by atoms with Crippen molar-refractivity contribution in [1.29, 1.82) is 0 Å². The number of nitrogens with one attached hydrogen (secondary N) is 3. The van der Waals surface area contributed by atoms with Crippen LogP contribution in [0.1, 0.15) is 26.2 Å². The van der Waals surface area contributed by atoms with Crippen molar-refractivity contribution in [3.63, 3.8) is 0 Å². The van der Waals surface area contributed by atoms with E-state index >= 15 is 0 Å². The zero-order chi connectivity index (χ0) is 17.4. The lowest BCUT2D eigenvalue weighted by Gasteiger charge is -2.18. The third-order valence-electron chi connectivity index (χ3n) is 3.93. The van der Waals surface area contributed by atoms with Crippen LogP contribution in [0.2, 0.25) is 0 Å². The fourth-order valence-electron chi connectivity index (χ4n) is 2.60. The number of allylic oxidation sites excluding steroid dienone is 4. The first-order chi connectivity index (χ1) is 11.7. The predicted octanol–water partition coefficient (Wildman–Crippen LogP) is 3.06. The van der Waals surface area contributed by atoms with Crippen LogP contribution in [0.3, 0.4) is 0 Å². The van der Waals surface area contributed by atoms with Crippen molar-refractivity contribution in [3.05, 3.63) is 46.8 Å². The molecule has 2 heterocycles. The molecule has 0 bridgehead atoms. The Labute approximate surface area is 145 Å². The van der Waals surface area contributed by atoms with Gasteiger partial charge in [-0.2, -0.15) is 4.98 Å². The molecule has 1 aromatic rings. The number of aromatic nitrogens is 2. The predicted molar refractivity (Wildman–Crippen MR) is 106 cm³/mol. The average molecular weight is 347 g/mol. The quantitative estimate of drug-likeness (QED) is 0.498. The third kappa shape index (κ3) is 4.71. The number of nitrogens with zero attached hydrogens (tertiary/aromatic N) is 2. The van der Waals surface area contributed by atoms with Gasteiger partial charge in [0.2, 0.25) is 5.95 Å². The minimum atomic E-state index is -0.169. The molecule has 2 rings (SSSR count). The van der Waals surface area contributed by atoms with Gasteiger partial charge in [0.1, 0.15) is 5.69 Å². The smallest absolute Gasteiger partial charge is 0.278 e. The minimum Gasteiger partial charge on any atom is -0.368 e. The number of rotatable bonds is 8. The van der Waals surface area contributed by atoms with Crippen molar-refractivity contribution in [2.45, 2.75) is 26.2 Å². The van der Waals surface area contributed by atoms with E-state index in [9.17, 15) is 4.79 Å². The Morgan fingerprint density at radius 2 is 2.21 bits per heavy atom. The van der Waals surface area contributed by atoms with Gasteiger partial charge in [-0.05, 0) is 41.1 Å². The summed E-state index contributed by atoms with van der Waals surface area (Å²) in [4.78, 5) is 21.8. The summed E-state index contributed by atoms with van der Waals surface area (Å²) in [5.74, 6) is 1.21. The number of hydrogen-bond donors (Lipinski definition) is 3. The molecule has 0 amide bonds. The number of anilines is 3. The van der Waals surface area contributed by atoms with Crippen LogP contribution in [-0.2, 0) is 0 Å². The summed E-state index contributed by atoms with van der Waals surface area (Å²) in [6, 6.07) is 0. The number of H-pyrrole nitrogens is 1. The molecule has 0 aliphatic carbocycles. The van der Waals surface area contributed by atoms with E-state index in [0.29, 0.717) is 24.0 Å². The van der Waals surface area contributed by atoms with Gasteiger partial charge >= 0.3 is 0 Å². The van der Waals surface area contributed by atoms with E-state index in [2.05, 4.69) is 41.2 Å². The van der Waals surface area contributed by atoms with Crippen molar-refractivity contribution < 1.29 is 0 Å². The fraction of sp³-hybridized carbons (Fsp3) is 0.412. The molecule has 0 aromatic carbocycles. The molecule has 3 N–H and O–H groups in total. The lowest BCUT2D eigenvalue weighted by atomic mass is 10.1. The molecule has 1 aliphatic heterocycles. The number of hydrogen-bond acceptors (Lipinski definition) is 5. The second kappa shape index (κ2) is 9.28. The zero-order valence-corrected chi connectivity index (χ0v) is 15.3. The lowest BCUT2D eigenvalue weighted by molar-refractivity contribution is 0.888. The van der Waals surface area contributed by atoms with Gasteiger partial charge in [-0.1, -0.05) is 30.9 Å². The molecule has 0 saturated carbocycles. The minimum absolute atomic E-state index is 0.169. The van der Waals surface area contributed by atoms with Crippen LogP contribution in [0, 0.1) is 0 Å². The molecule has 130 valence electrons. The first-order valence-corrected chi connectivity index (χ1v) is 8.81. The fourth-order valence-corrected chi connectivity index (χ4v) is 2.87. The summed E-state index contributed by atoms with van der Waals surface area (Å²) < 4.78 is 0. The largest absolute Gasteiger partial charge is 0.368 e. The molecule has 1 atom stereocenters. The highest BCUT2D eigenvalue weighted by molar-refractivity contribution is 7.18. The highest BCUT2D eigenvalue weighted by Crippen LogP contribution is 2.21. The molecule has 1 fully saturated rings. The molecule has 1 saturated heterocycles. The van der Waals surface area contributed by atoms with Crippen LogP contribution in [0.25, 0.3) is 0 Å². The molecule has 1 aromatic heterocycles. The summed E-state index contributed by atoms with van der Waals surface area (Å²) >= 11 is 0. The van der Waals surface area contributed by atoms with Crippen molar-refractivity contribution in [2.24, 2.45) is 0 Å². The molecule has 7 heteroatoms. The molecule has 24 heavy (non-hydrogen) atoms. The van der Waals surface area contributed by atoms with Crippen LogP contribution < -0.4 is 20.9 Å². The highest BCUT2D eigenvalue weighted by atomic mass is 31.0. The zero-order valence-electron chi connectivity index (χ0n) is 14.1. The maximum Gasteiger partial charge on any atom is 0.278 e. The van der Waals surface area contributed by atoms with E-state index in [1.54, 1.807) is 0 Å². The Morgan fingerprint density at radius 1 is 1.46 bits per heavy atom. The molecule has 0 radical (unpaired) electrons. The first kappa shape index (κ1) is 18.3. The van der Waals surface area contributed by atoms with Gasteiger partial charge in [0.25, 0.3) is 5.56 Å². The van der Waals surface area contributed by atoms with Crippen molar-refractivity contribution in [1.82, 2.24) is 9.97 Å². The molecular formula is C17H26N5OP. The van der Waals surface area contributed by atoms with E-state index in [-0.39, 0.29) is 5.56 Å². The van der Waals surface area contributed by atoms with E-state index < -0.39 is 0 Å². The SMILES string of the molecule is C=C/C(=C\C=C/C)CCNc1nc(N2CCCC2)[nH]c(=O)c1NP. The van der Waals surface area contributed by atoms with Gasteiger partial charge in [0.15, 0.2) is 5.82 Å². The van der Waals surface area contributed by atoms with Gasteiger partial charge < -0.3 is 15.3 Å². The van der Waals surface area contributed by atoms with Gasteiger partial charge in [0, 0.05) is 19.6 Å². The van der Waals surface area contributed by atoms with Crippen LogP contribution in [0.15, 0.2) is 41.3 Å². The van der Waals surface area contributed by atoms with E-state index in [0.717, 1.165) is 37.9 Å². The van der Waals surface area contributed by atoms with Gasteiger partial charge in [-0.15, -0.1) is 0 Å². The van der Waals surface area contributed by atoms with Gasteiger partial charge in [-0.3, -0.25) is 9.78 Å². The van der Waals surface area contributed by atoms with E-state index in [1.165, 1.54) is 0 Å². The van der Waals surface area contributed by atoms with Gasteiger partial charge in [-0.25, -0.2) is 0 Å². The summed E-state index contributed by atoms with van der Waals surface area (Å²) in [5.41, 5.74) is 1.39. The second-order valence-corrected chi connectivity index (χ2v) is 5.89. The van der Waals surface area contributed by atoms with Crippen LogP contribution in [0.4, 0.5) is 17.5 Å². The first-order valence-electron chi connectivity index (χ1n) is 8.23. The molecular weight excluding hydrogens is 321 g/mol. The normalized spacial score (nSPS) is 15.1. The summed E-state index contributed by atoms with van der Waals surface area (Å²) in [6.07, 6.45) is 10.9. The topological polar surface area (TPSA) is 73.0 Å². The van der Waals surface area contributed by atoms with E-state index in [4.69, 9.17) is 0 Å². The molecule has 1 aliphatic rings. The average Bonchev–Trinajstić information content (AvgIpc) is 3.12. The van der Waals surface area contributed by atoms with Crippen LogP contribution >= 0.6 is 9.39 Å². The van der Waals surface area contributed by atoms with Crippen LogP contribution in [0.5, 0.6) is 0 Å². The highest BCUT2D eigenvalue weighted by Gasteiger charge is 2.17. The Bertz CT molecular complexity index is 674. The number of aromatic amines is 1. The molecule has 0 spiro atoms. The summed E-state index contributed by atoms with van der Waals surface area (Å²) in [7, 11) is 2.35. The van der Waals surface area contributed by atoms with Crippen LogP contribution in [-0.4, -0.2) is 29.6 Å². The van der Waals surface area contributed by atoms with E-state index in [1.807, 2.05) is 31.2 Å². The standard InChI is InChI=1S/C17H26N5OP/c1-3-5-8-13(4-2)9-10-18-15-14(21-24)16(23)20-17(19-15)22-11-6-7-12-22/h3-5,8,21H,2,6-7,9-12,24H2,1H3,(H2,18,19,20,23)/b5-3-,13-8+. The van der Waals surface area contributed by atoms with Crippen molar-refractivity contribution in [2.75, 3.05) is 34.9 Å². The van der Waals surface area contributed by atoms with Gasteiger partial charge in [0.05, 0.1) is 0 Å². The second-order valence-electron chi connectivity index (χ2n) is 5.60. The molecule has 1 unspecified atom stereocenters. The third-order valence-corrected chi connectivity index (χ3v) is 4.22. The van der Waals surface area contributed by atoms with Crippen molar-refractivity contribution in [3.8, 4) is 0 Å². The summed E-state index contributed by atoms with van der Waals surface area (Å²) in [5, 5.41) is 6.12. The maximum atomic E-state index is 12.3. The maximum absolute atomic E-state index is 12.3. The Kier molecular flexibility index (Phi) is 7.07. The lowest BCUT2D eigenvalue weighted by Crippen LogP contribution is -2.26. The Hall–Kier alpha value is -2.07. The molecule has 6 nitrogen and oxygen atoms in total. The van der Waals surface area contributed by atoms with Crippen molar-refractivity contribution >= 4 is 26.8 Å². The Morgan fingerprint density at radius 3 is 2.83 bits per heavy atom. The Balaban J connectivity index is 2.12. The monoisotopic (exact) mass is 347 g/mol.